The highest BCUT2D eigenvalue weighted by molar-refractivity contribution is 5.37. The van der Waals surface area contributed by atoms with E-state index in [9.17, 15) is 10.2 Å². The van der Waals surface area contributed by atoms with Crippen LogP contribution >= 0.6 is 0 Å². The number of aromatic hydroxyl groups is 2. The molecule has 1 saturated carbocycles. The Morgan fingerprint density at radius 3 is 2.17 bits per heavy atom. The average Bonchev–Trinajstić information content (AvgIpc) is 2.80. The molecule has 0 amide bonds. The molecule has 3 nitrogen and oxygen atoms in total. The molecule has 100 valence electrons. The first kappa shape index (κ1) is 13.2. The lowest BCUT2D eigenvalue weighted by atomic mass is 9.97. The molecule has 0 radical (unpaired) electrons. The second kappa shape index (κ2) is 5.61. The molecule has 1 aromatic carbocycles. The van der Waals surface area contributed by atoms with Crippen LogP contribution in [0.25, 0.3) is 0 Å². The fourth-order valence-electron chi connectivity index (χ4n) is 2.95. The molecule has 0 aliphatic heterocycles. The van der Waals surface area contributed by atoms with Crippen molar-refractivity contribution in [3.05, 3.63) is 23.8 Å². The SMILES string of the molecule is CC(NC(C)C1CCCC1)c1cc(O)cc(O)c1. The van der Waals surface area contributed by atoms with E-state index in [1.807, 2.05) is 0 Å². The van der Waals surface area contributed by atoms with Gasteiger partial charge in [-0.1, -0.05) is 12.8 Å². The molecule has 2 unspecified atom stereocenters. The van der Waals surface area contributed by atoms with Gasteiger partial charge in [-0.2, -0.15) is 0 Å². The van der Waals surface area contributed by atoms with Gasteiger partial charge in [0.2, 0.25) is 0 Å². The Bertz CT molecular complexity index is 379. The number of hydrogen-bond acceptors (Lipinski definition) is 3. The molecule has 2 rings (SSSR count). The highest BCUT2D eigenvalue weighted by atomic mass is 16.3. The second-order valence-corrected chi connectivity index (χ2v) is 5.50. The van der Waals surface area contributed by atoms with Gasteiger partial charge in [0.15, 0.2) is 0 Å². The fourth-order valence-corrected chi connectivity index (χ4v) is 2.95. The molecule has 1 aliphatic rings. The van der Waals surface area contributed by atoms with Gasteiger partial charge in [-0.3, -0.25) is 0 Å². The second-order valence-electron chi connectivity index (χ2n) is 5.50. The minimum Gasteiger partial charge on any atom is -0.508 e. The maximum atomic E-state index is 9.50. The van der Waals surface area contributed by atoms with Crippen LogP contribution in [0, 0.1) is 5.92 Å². The van der Waals surface area contributed by atoms with E-state index in [2.05, 4.69) is 19.2 Å². The molecule has 18 heavy (non-hydrogen) atoms. The lowest BCUT2D eigenvalue weighted by Gasteiger charge is -2.25. The Morgan fingerprint density at radius 1 is 1.06 bits per heavy atom. The van der Waals surface area contributed by atoms with E-state index < -0.39 is 0 Å². The third-order valence-electron chi connectivity index (χ3n) is 4.04. The van der Waals surface area contributed by atoms with Gasteiger partial charge in [0, 0.05) is 18.2 Å². The van der Waals surface area contributed by atoms with Crippen molar-refractivity contribution in [3.8, 4) is 11.5 Å². The number of phenols is 2. The number of benzene rings is 1. The van der Waals surface area contributed by atoms with Gasteiger partial charge in [-0.15, -0.1) is 0 Å². The van der Waals surface area contributed by atoms with Gasteiger partial charge in [-0.05, 0) is 50.3 Å². The summed E-state index contributed by atoms with van der Waals surface area (Å²) >= 11 is 0. The van der Waals surface area contributed by atoms with Crippen LogP contribution in [0.1, 0.15) is 51.1 Å². The van der Waals surface area contributed by atoms with Crippen molar-refractivity contribution >= 4 is 0 Å². The molecule has 2 atom stereocenters. The van der Waals surface area contributed by atoms with E-state index in [0.29, 0.717) is 6.04 Å². The van der Waals surface area contributed by atoms with E-state index in [0.717, 1.165) is 11.5 Å². The van der Waals surface area contributed by atoms with Crippen molar-refractivity contribution in [3.63, 3.8) is 0 Å². The Hall–Kier alpha value is -1.22. The van der Waals surface area contributed by atoms with Gasteiger partial charge in [0.1, 0.15) is 11.5 Å². The summed E-state index contributed by atoms with van der Waals surface area (Å²) in [6.45, 7) is 4.30. The van der Waals surface area contributed by atoms with Crippen LogP contribution in [0.4, 0.5) is 0 Å². The maximum absolute atomic E-state index is 9.50. The first-order valence-corrected chi connectivity index (χ1v) is 6.85. The molecule has 0 aromatic heterocycles. The Kier molecular flexibility index (Phi) is 4.12. The van der Waals surface area contributed by atoms with Crippen molar-refractivity contribution in [1.29, 1.82) is 0 Å². The van der Waals surface area contributed by atoms with Crippen molar-refractivity contribution in [1.82, 2.24) is 5.32 Å². The summed E-state index contributed by atoms with van der Waals surface area (Å²) in [6, 6.07) is 5.39. The molecule has 0 saturated heterocycles. The molecule has 3 heteroatoms. The first-order chi connectivity index (χ1) is 8.56. The molecule has 0 spiro atoms. The van der Waals surface area contributed by atoms with E-state index in [1.165, 1.54) is 31.7 Å². The Balaban J connectivity index is 1.99. The maximum Gasteiger partial charge on any atom is 0.119 e. The normalized spacial score (nSPS) is 19.9. The predicted molar refractivity (Wildman–Crippen MR) is 72.7 cm³/mol. The fraction of sp³-hybridized carbons (Fsp3) is 0.600. The highest BCUT2D eigenvalue weighted by Crippen LogP contribution is 2.30. The van der Waals surface area contributed by atoms with Crippen LogP contribution in [0.15, 0.2) is 18.2 Å². The van der Waals surface area contributed by atoms with Gasteiger partial charge in [-0.25, -0.2) is 0 Å². The van der Waals surface area contributed by atoms with Crippen LogP contribution in [-0.2, 0) is 0 Å². The number of phenolic OH excluding ortho intramolecular Hbond substituents is 2. The zero-order chi connectivity index (χ0) is 13.1. The summed E-state index contributed by atoms with van der Waals surface area (Å²) in [5.74, 6) is 0.998. The summed E-state index contributed by atoms with van der Waals surface area (Å²) in [5, 5.41) is 22.6. The van der Waals surface area contributed by atoms with Crippen LogP contribution in [0.3, 0.4) is 0 Å². The summed E-state index contributed by atoms with van der Waals surface area (Å²) in [5.41, 5.74) is 0.928. The van der Waals surface area contributed by atoms with Gasteiger partial charge in [0.05, 0.1) is 0 Å². The Labute approximate surface area is 109 Å². The van der Waals surface area contributed by atoms with Crippen LogP contribution in [0.5, 0.6) is 11.5 Å². The third kappa shape index (κ3) is 3.16. The van der Waals surface area contributed by atoms with E-state index in [4.69, 9.17) is 0 Å². The van der Waals surface area contributed by atoms with E-state index >= 15 is 0 Å². The molecule has 1 aliphatic carbocycles. The molecular formula is C15H23NO2. The summed E-state index contributed by atoms with van der Waals surface area (Å²) in [7, 11) is 0. The van der Waals surface area contributed by atoms with Crippen molar-refractivity contribution in [2.24, 2.45) is 5.92 Å². The van der Waals surface area contributed by atoms with Crippen LogP contribution in [0.2, 0.25) is 0 Å². The summed E-state index contributed by atoms with van der Waals surface area (Å²) in [6.07, 6.45) is 5.31. The zero-order valence-electron chi connectivity index (χ0n) is 11.2. The van der Waals surface area contributed by atoms with Crippen molar-refractivity contribution in [2.75, 3.05) is 0 Å². The number of rotatable bonds is 4. The lowest BCUT2D eigenvalue weighted by Crippen LogP contribution is -2.34. The van der Waals surface area contributed by atoms with Crippen molar-refractivity contribution < 1.29 is 10.2 Å². The average molecular weight is 249 g/mol. The standard InChI is InChI=1S/C15H23NO2/c1-10(12-5-3-4-6-12)16-11(2)13-7-14(17)9-15(18)8-13/h7-12,16-18H,3-6H2,1-2H3. The predicted octanol–water partition coefficient (Wildman–Crippen LogP) is 3.33. The third-order valence-corrected chi connectivity index (χ3v) is 4.04. The van der Waals surface area contributed by atoms with E-state index in [1.54, 1.807) is 12.1 Å². The minimum absolute atomic E-state index is 0.118. The number of hydrogen-bond donors (Lipinski definition) is 3. The quantitative estimate of drug-likeness (QED) is 0.767. The Morgan fingerprint density at radius 2 is 1.61 bits per heavy atom. The van der Waals surface area contributed by atoms with Crippen LogP contribution in [-0.4, -0.2) is 16.3 Å². The number of nitrogens with one attached hydrogen (secondary N) is 1. The molecule has 0 bridgehead atoms. The monoisotopic (exact) mass is 249 g/mol. The summed E-state index contributed by atoms with van der Waals surface area (Å²) in [4.78, 5) is 0. The highest BCUT2D eigenvalue weighted by Gasteiger charge is 2.22. The molecule has 1 aromatic rings. The minimum atomic E-state index is 0.118. The lowest BCUT2D eigenvalue weighted by molar-refractivity contribution is 0.351. The van der Waals surface area contributed by atoms with Crippen molar-refractivity contribution in [2.45, 2.75) is 51.6 Å². The topological polar surface area (TPSA) is 52.5 Å². The molecule has 1 fully saturated rings. The van der Waals surface area contributed by atoms with Gasteiger partial charge >= 0.3 is 0 Å². The zero-order valence-corrected chi connectivity index (χ0v) is 11.2. The van der Waals surface area contributed by atoms with E-state index in [-0.39, 0.29) is 17.5 Å². The molecular weight excluding hydrogens is 226 g/mol. The largest absolute Gasteiger partial charge is 0.508 e. The first-order valence-electron chi connectivity index (χ1n) is 6.85. The molecule has 0 heterocycles. The van der Waals surface area contributed by atoms with Gasteiger partial charge in [0.25, 0.3) is 0 Å². The van der Waals surface area contributed by atoms with Crippen LogP contribution < -0.4 is 5.32 Å². The van der Waals surface area contributed by atoms with Gasteiger partial charge < -0.3 is 15.5 Å². The molecule has 3 N–H and O–H groups in total. The smallest absolute Gasteiger partial charge is 0.119 e. The summed E-state index contributed by atoms with van der Waals surface area (Å²) < 4.78 is 0.